The molecule has 0 bridgehead atoms. The second kappa shape index (κ2) is 7.65. The summed E-state index contributed by atoms with van der Waals surface area (Å²) in [7, 11) is 8.28. The van der Waals surface area contributed by atoms with Crippen molar-refractivity contribution in [3.63, 3.8) is 0 Å². The van der Waals surface area contributed by atoms with Crippen molar-refractivity contribution in [1.82, 2.24) is 14.7 Å². The van der Waals surface area contributed by atoms with Crippen LogP contribution >= 0.6 is 15.9 Å². The summed E-state index contributed by atoms with van der Waals surface area (Å²) in [6.45, 7) is 2.75. The summed E-state index contributed by atoms with van der Waals surface area (Å²) in [6.07, 6.45) is 1.82. The molecule has 0 saturated heterocycles. The summed E-state index contributed by atoms with van der Waals surface area (Å²) >= 11 is 3.56. The largest absolute Gasteiger partial charge is 0.378 e. The standard InChI is InChI=1S/C16H24BrN5/c1-20(2)9-10-21(3)16-6-5-13(17)11-15(16)18-12-14-7-8-19-22(14)4/h5-8,11,18H,9-10,12H2,1-4H3. The van der Waals surface area contributed by atoms with Crippen LogP contribution in [0.25, 0.3) is 0 Å². The zero-order chi connectivity index (χ0) is 16.1. The minimum Gasteiger partial charge on any atom is -0.378 e. The smallest absolute Gasteiger partial charge is 0.0600 e. The van der Waals surface area contributed by atoms with Crippen molar-refractivity contribution in [3.8, 4) is 0 Å². The van der Waals surface area contributed by atoms with Crippen molar-refractivity contribution in [2.24, 2.45) is 7.05 Å². The molecule has 0 aliphatic heterocycles. The molecule has 2 aromatic rings. The Morgan fingerprint density at radius 1 is 1.18 bits per heavy atom. The van der Waals surface area contributed by atoms with Crippen LogP contribution in [0.3, 0.4) is 0 Å². The zero-order valence-corrected chi connectivity index (χ0v) is 15.3. The predicted molar refractivity (Wildman–Crippen MR) is 96.5 cm³/mol. The topological polar surface area (TPSA) is 36.3 Å². The average Bonchev–Trinajstić information content (AvgIpc) is 2.88. The molecule has 1 heterocycles. The van der Waals surface area contributed by atoms with E-state index in [1.807, 2.05) is 24.0 Å². The second-order valence-corrected chi connectivity index (χ2v) is 6.60. The van der Waals surface area contributed by atoms with Gasteiger partial charge < -0.3 is 15.1 Å². The van der Waals surface area contributed by atoms with E-state index >= 15 is 0 Å². The van der Waals surface area contributed by atoms with E-state index in [1.54, 1.807) is 0 Å². The first-order chi connectivity index (χ1) is 10.5. The van der Waals surface area contributed by atoms with E-state index in [4.69, 9.17) is 0 Å². The number of nitrogens with one attached hydrogen (secondary N) is 1. The van der Waals surface area contributed by atoms with Gasteiger partial charge in [-0.2, -0.15) is 5.10 Å². The predicted octanol–water partition coefficient (Wildman–Crippen LogP) is 2.79. The van der Waals surface area contributed by atoms with E-state index in [1.165, 1.54) is 5.69 Å². The number of anilines is 2. The lowest BCUT2D eigenvalue weighted by Crippen LogP contribution is -2.29. The van der Waals surface area contributed by atoms with Crippen LogP contribution in [0.2, 0.25) is 0 Å². The first kappa shape index (κ1) is 16.8. The van der Waals surface area contributed by atoms with E-state index in [2.05, 4.69) is 75.5 Å². The number of aryl methyl sites for hydroxylation is 1. The van der Waals surface area contributed by atoms with Crippen LogP contribution in [0, 0.1) is 0 Å². The summed E-state index contributed by atoms with van der Waals surface area (Å²) < 4.78 is 2.96. The molecular weight excluding hydrogens is 342 g/mol. The molecule has 1 N–H and O–H groups in total. The summed E-state index contributed by atoms with van der Waals surface area (Å²) in [5.74, 6) is 0. The fraction of sp³-hybridized carbons (Fsp3) is 0.438. The van der Waals surface area contributed by atoms with Crippen LogP contribution in [-0.4, -0.2) is 48.9 Å². The minimum atomic E-state index is 0.751. The average molecular weight is 366 g/mol. The maximum atomic E-state index is 4.20. The van der Waals surface area contributed by atoms with Gasteiger partial charge in [-0.3, -0.25) is 4.68 Å². The molecule has 0 fully saturated rings. The molecule has 0 saturated carbocycles. The van der Waals surface area contributed by atoms with Crippen molar-refractivity contribution in [2.45, 2.75) is 6.54 Å². The lowest BCUT2D eigenvalue weighted by atomic mass is 10.2. The summed E-state index contributed by atoms with van der Waals surface area (Å²) in [5.41, 5.74) is 3.48. The molecule has 0 unspecified atom stereocenters. The van der Waals surface area contributed by atoms with Crippen molar-refractivity contribution >= 4 is 27.3 Å². The van der Waals surface area contributed by atoms with Gasteiger partial charge in [-0.25, -0.2) is 0 Å². The van der Waals surface area contributed by atoms with Crippen molar-refractivity contribution in [2.75, 3.05) is 44.4 Å². The zero-order valence-electron chi connectivity index (χ0n) is 13.7. The third-order valence-electron chi connectivity index (χ3n) is 3.63. The van der Waals surface area contributed by atoms with Crippen molar-refractivity contribution in [1.29, 1.82) is 0 Å². The highest BCUT2D eigenvalue weighted by Crippen LogP contribution is 2.29. The fourth-order valence-electron chi connectivity index (χ4n) is 2.21. The van der Waals surface area contributed by atoms with Gasteiger partial charge in [-0.05, 0) is 38.4 Å². The Labute approximate surface area is 141 Å². The molecule has 22 heavy (non-hydrogen) atoms. The molecule has 0 amide bonds. The highest BCUT2D eigenvalue weighted by atomic mass is 79.9. The number of likely N-dealkylation sites (N-methyl/N-ethyl adjacent to an activating group) is 2. The van der Waals surface area contributed by atoms with Gasteiger partial charge in [-0.15, -0.1) is 0 Å². The molecule has 0 aliphatic carbocycles. The molecule has 6 heteroatoms. The summed E-state index contributed by atoms with van der Waals surface area (Å²) in [5, 5.41) is 7.72. The summed E-state index contributed by atoms with van der Waals surface area (Å²) in [4.78, 5) is 4.47. The Hall–Kier alpha value is -1.53. The first-order valence-corrected chi connectivity index (χ1v) is 8.13. The number of aromatic nitrogens is 2. The van der Waals surface area contributed by atoms with E-state index < -0.39 is 0 Å². The molecule has 0 atom stereocenters. The molecule has 120 valence electrons. The lowest BCUT2D eigenvalue weighted by molar-refractivity contribution is 0.416. The van der Waals surface area contributed by atoms with Crippen LogP contribution in [0.5, 0.6) is 0 Å². The molecule has 1 aromatic heterocycles. The van der Waals surface area contributed by atoms with E-state index in [0.717, 1.165) is 35.5 Å². The number of benzene rings is 1. The normalized spacial score (nSPS) is 11.0. The molecule has 0 spiro atoms. The monoisotopic (exact) mass is 365 g/mol. The van der Waals surface area contributed by atoms with Gasteiger partial charge in [0.2, 0.25) is 0 Å². The minimum absolute atomic E-state index is 0.751. The van der Waals surface area contributed by atoms with E-state index in [9.17, 15) is 0 Å². The number of nitrogens with zero attached hydrogens (tertiary/aromatic N) is 4. The third kappa shape index (κ3) is 4.48. The molecule has 0 radical (unpaired) electrons. The third-order valence-corrected chi connectivity index (χ3v) is 4.13. The Balaban J connectivity index is 2.11. The maximum Gasteiger partial charge on any atom is 0.0600 e. The fourth-order valence-corrected chi connectivity index (χ4v) is 2.57. The summed E-state index contributed by atoms with van der Waals surface area (Å²) in [6, 6.07) is 8.38. The van der Waals surface area contributed by atoms with Gasteiger partial charge in [0, 0.05) is 37.9 Å². The molecule has 2 rings (SSSR count). The van der Waals surface area contributed by atoms with Crippen molar-refractivity contribution in [3.05, 3.63) is 40.6 Å². The highest BCUT2D eigenvalue weighted by molar-refractivity contribution is 9.10. The Morgan fingerprint density at radius 2 is 1.95 bits per heavy atom. The van der Waals surface area contributed by atoms with Gasteiger partial charge in [-0.1, -0.05) is 15.9 Å². The Morgan fingerprint density at radius 3 is 2.59 bits per heavy atom. The Kier molecular flexibility index (Phi) is 5.85. The van der Waals surface area contributed by atoms with Crippen LogP contribution in [-0.2, 0) is 13.6 Å². The van der Waals surface area contributed by atoms with Gasteiger partial charge in [0.25, 0.3) is 0 Å². The molecule has 0 aliphatic rings. The number of rotatable bonds is 7. The molecule has 1 aromatic carbocycles. The van der Waals surface area contributed by atoms with Crippen LogP contribution in [0.1, 0.15) is 5.69 Å². The lowest BCUT2D eigenvalue weighted by Gasteiger charge is -2.25. The first-order valence-electron chi connectivity index (χ1n) is 7.33. The second-order valence-electron chi connectivity index (χ2n) is 5.69. The van der Waals surface area contributed by atoms with Crippen LogP contribution < -0.4 is 10.2 Å². The molecular formula is C16H24BrN5. The number of halogens is 1. The van der Waals surface area contributed by atoms with Gasteiger partial charge in [0.05, 0.1) is 23.6 Å². The number of hydrogen-bond acceptors (Lipinski definition) is 4. The van der Waals surface area contributed by atoms with E-state index in [0.29, 0.717) is 0 Å². The maximum absolute atomic E-state index is 4.20. The van der Waals surface area contributed by atoms with Crippen LogP contribution in [0.15, 0.2) is 34.9 Å². The van der Waals surface area contributed by atoms with Crippen LogP contribution in [0.4, 0.5) is 11.4 Å². The van der Waals surface area contributed by atoms with Gasteiger partial charge in [0.1, 0.15) is 0 Å². The highest BCUT2D eigenvalue weighted by Gasteiger charge is 2.09. The molecule has 5 nitrogen and oxygen atoms in total. The van der Waals surface area contributed by atoms with Gasteiger partial charge >= 0.3 is 0 Å². The van der Waals surface area contributed by atoms with Crippen molar-refractivity contribution < 1.29 is 0 Å². The van der Waals surface area contributed by atoms with Gasteiger partial charge in [0.15, 0.2) is 0 Å². The quantitative estimate of drug-likeness (QED) is 0.818. The SMILES string of the molecule is CN(C)CCN(C)c1ccc(Br)cc1NCc1ccnn1C. The van der Waals surface area contributed by atoms with E-state index in [-0.39, 0.29) is 0 Å². The Bertz CT molecular complexity index is 608. The number of hydrogen-bond donors (Lipinski definition) is 1.